The number of nitrogens with one attached hydrogen (secondary N) is 1. The average molecular weight is 395 g/mol. The van der Waals surface area contributed by atoms with E-state index in [0.29, 0.717) is 13.0 Å². The zero-order valence-electron chi connectivity index (χ0n) is 17.6. The van der Waals surface area contributed by atoms with Crippen LogP contribution in [0.15, 0.2) is 59.7 Å². The molecule has 0 aromatic heterocycles. The van der Waals surface area contributed by atoms with E-state index in [0.717, 1.165) is 29.7 Å². The van der Waals surface area contributed by atoms with Crippen LogP contribution in [-0.4, -0.2) is 12.1 Å². The molecule has 0 aliphatic rings. The van der Waals surface area contributed by atoms with E-state index in [4.69, 9.17) is 4.74 Å². The predicted octanol–water partition coefficient (Wildman–Crippen LogP) is 6.25. The second kappa shape index (κ2) is 14.4. The van der Waals surface area contributed by atoms with Gasteiger partial charge in [-0.25, -0.2) is 5.43 Å². The van der Waals surface area contributed by atoms with Crippen LogP contribution in [0.25, 0.3) is 0 Å². The van der Waals surface area contributed by atoms with Crippen molar-refractivity contribution in [3.63, 3.8) is 0 Å². The normalized spacial score (nSPS) is 10.9. The summed E-state index contributed by atoms with van der Waals surface area (Å²) < 4.78 is 5.77. The van der Waals surface area contributed by atoms with E-state index in [9.17, 15) is 4.79 Å². The van der Waals surface area contributed by atoms with Crippen molar-refractivity contribution in [3.05, 3.63) is 65.7 Å². The average Bonchev–Trinajstić information content (AvgIpc) is 2.76. The van der Waals surface area contributed by atoms with Gasteiger partial charge in [-0.1, -0.05) is 82.2 Å². The van der Waals surface area contributed by atoms with Crippen LogP contribution in [0, 0.1) is 0 Å². The standard InChI is InChI=1S/C25H34N2O2/c1-2-3-4-5-6-7-8-12-15-25(28)27-26-20-22-16-18-24(19-17-22)29-21-23-13-10-9-11-14-23/h9-11,13-14,16-20H,2-8,12,15,21H2,1H3,(H,27,28). The first-order valence-corrected chi connectivity index (χ1v) is 10.9. The first-order valence-electron chi connectivity index (χ1n) is 10.9. The molecule has 4 heteroatoms. The number of nitrogens with zero attached hydrogens (tertiary/aromatic N) is 1. The first-order chi connectivity index (χ1) is 14.3. The molecule has 2 aromatic carbocycles. The maximum Gasteiger partial charge on any atom is 0.240 e. The molecule has 1 N–H and O–H groups in total. The summed E-state index contributed by atoms with van der Waals surface area (Å²) >= 11 is 0. The van der Waals surface area contributed by atoms with Gasteiger partial charge in [0.15, 0.2) is 0 Å². The maximum absolute atomic E-state index is 11.8. The molecule has 2 rings (SSSR count). The maximum atomic E-state index is 11.8. The highest BCUT2D eigenvalue weighted by Crippen LogP contribution is 2.13. The van der Waals surface area contributed by atoms with Crippen LogP contribution in [0.4, 0.5) is 0 Å². The van der Waals surface area contributed by atoms with Crippen molar-refractivity contribution in [2.24, 2.45) is 5.10 Å². The number of unbranched alkanes of at least 4 members (excludes halogenated alkanes) is 7. The van der Waals surface area contributed by atoms with Gasteiger partial charge in [0.2, 0.25) is 5.91 Å². The monoisotopic (exact) mass is 394 g/mol. The molecular formula is C25H34N2O2. The number of hydrogen-bond donors (Lipinski definition) is 1. The van der Waals surface area contributed by atoms with Crippen LogP contribution in [0.3, 0.4) is 0 Å². The molecule has 0 radical (unpaired) electrons. The van der Waals surface area contributed by atoms with Crippen molar-refractivity contribution >= 4 is 12.1 Å². The second-order valence-corrected chi connectivity index (χ2v) is 7.36. The predicted molar refractivity (Wildman–Crippen MR) is 120 cm³/mol. The molecule has 0 aliphatic heterocycles. The molecule has 0 unspecified atom stereocenters. The Kier molecular flexibility index (Phi) is 11.2. The largest absolute Gasteiger partial charge is 0.489 e. The van der Waals surface area contributed by atoms with Gasteiger partial charge in [0.05, 0.1) is 6.21 Å². The number of ether oxygens (including phenoxy) is 1. The summed E-state index contributed by atoms with van der Waals surface area (Å²) in [6.07, 6.45) is 12.0. The molecule has 0 heterocycles. The van der Waals surface area contributed by atoms with Crippen LogP contribution < -0.4 is 10.2 Å². The number of amides is 1. The molecule has 0 atom stereocenters. The summed E-state index contributed by atoms with van der Waals surface area (Å²) in [7, 11) is 0. The van der Waals surface area contributed by atoms with E-state index in [2.05, 4.69) is 17.5 Å². The molecule has 0 spiro atoms. The van der Waals surface area contributed by atoms with E-state index < -0.39 is 0 Å². The van der Waals surface area contributed by atoms with Crippen molar-refractivity contribution in [1.82, 2.24) is 5.43 Å². The smallest absolute Gasteiger partial charge is 0.240 e. The third-order valence-electron chi connectivity index (χ3n) is 4.79. The van der Waals surface area contributed by atoms with Gasteiger partial charge in [-0.05, 0) is 41.8 Å². The zero-order valence-corrected chi connectivity index (χ0v) is 17.6. The number of benzene rings is 2. The Morgan fingerprint density at radius 2 is 1.55 bits per heavy atom. The van der Waals surface area contributed by atoms with Gasteiger partial charge < -0.3 is 4.74 Å². The summed E-state index contributed by atoms with van der Waals surface area (Å²) in [4.78, 5) is 11.8. The van der Waals surface area contributed by atoms with Gasteiger partial charge in [0, 0.05) is 6.42 Å². The van der Waals surface area contributed by atoms with Crippen molar-refractivity contribution < 1.29 is 9.53 Å². The van der Waals surface area contributed by atoms with Crippen molar-refractivity contribution in [3.8, 4) is 5.75 Å². The Morgan fingerprint density at radius 1 is 0.897 bits per heavy atom. The number of carbonyl (C=O) groups is 1. The van der Waals surface area contributed by atoms with Gasteiger partial charge in [-0.2, -0.15) is 5.10 Å². The fraction of sp³-hybridized carbons (Fsp3) is 0.440. The van der Waals surface area contributed by atoms with Gasteiger partial charge >= 0.3 is 0 Å². The van der Waals surface area contributed by atoms with Crippen LogP contribution >= 0.6 is 0 Å². The number of hydrogen-bond acceptors (Lipinski definition) is 3. The van der Waals surface area contributed by atoms with Crippen LogP contribution in [-0.2, 0) is 11.4 Å². The second-order valence-electron chi connectivity index (χ2n) is 7.36. The Balaban J connectivity index is 1.57. The third kappa shape index (κ3) is 10.5. The Hall–Kier alpha value is -2.62. The fourth-order valence-electron chi connectivity index (χ4n) is 3.05. The van der Waals surface area contributed by atoms with E-state index in [1.54, 1.807) is 6.21 Å². The molecule has 1 amide bonds. The lowest BCUT2D eigenvalue weighted by Gasteiger charge is -2.06. The summed E-state index contributed by atoms with van der Waals surface area (Å²) in [5.41, 5.74) is 4.67. The minimum Gasteiger partial charge on any atom is -0.489 e. The topological polar surface area (TPSA) is 50.7 Å². The summed E-state index contributed by atoms with van der Waals surface area (Å²) in [6, 6.07) is 17.7. The molecular weight excluding hydrogens is 360 g/mol. The highest BCUT2D eigenvalue weighted by Gasteiger charge is 2.00. The third-order valence-corrected chi connectivity index (χ3v) is 4.79. The Bertz CT molecular complexity index is 711. The molecule has 0 bridgehead atoms. The summed E-state index contributed by atoms with van der Waals surface area (Å²) in [6.45, 7) is 2.78. The minimum atomic E-state index is -0.0185. The SMILES string of the molecule is CCCCCCCCCCC(=O)NN=Cc1ccc(OCc2ccccc2)cc1. The Morgan fingerprint density at radius 3 is 2.24 bits per heavy atom. The lowest BCUT2D eigenvalue weighted by molar-refractivity contribution is -0.121. The molecule has 4 nitrogen and oxygen atoms in total. The number of carbonyl (C=O) groups excluding carboxylic acids is 1. The van der Waals surface area contributed by atoms with Crippen LogP contribution in [0.2, 0.25) is 0 Å². The van der Waals surface area contributed by atoms with Crippen LogP contribution in [0.1, 0.15) is 75.8 Å². The summed E-state index contributed by atoms with van der Waals surface area (Å²) in [5.74, 6) is 0.791. The van der Waals surface area contributed by atoms with E-state index in [1.165, 1.54) is 38.5 Å². The van der Waals surface area contributed by atoms with E-state index in [-0.39, 0.29) is 5.91 Å². The molecule has 0 saturated carbocycles. The van der Waals surface area contributed by atoms with Gasteiger partial charge in [-0.3, -0.25) is 4.79 Å². The lowest BCUT2D eigenvalue weighted by atomic mass is 10.1. The quantitative estimate of drug-likeness (QED) is 0.234. The van der Waals surface area contributed by atoms with Gasteiger partial charge in [-0.15, -0.1) is 0 Å². The summed E-state index contributed by atoms with van der Waals surface area (Å²) in [5, 5.41) is 4.05. The van der Waals surface area contributed by atoms with Gasteiger partial charge in [0.1, 0.15) is 12.4 Å². The molecule has 0 aliphatic carbocycles. The number of rotatable bonds is 14. The molecule has 29 heavy (non-hydrogen) atoms. The fourth-order valence-corrected chi connectivity index (χ4v) is 3.05. The van der Waals surface area contributed by atoms with Crippen molar-refractivity contribution in [2.45, 2.75) is 71.3 Å². The zero-order chi connectivity index (χ0) is 20.6. The van der Waals surface area contributed by atoms with E-state index >= 15 is 0 Å². The molecule has 156 valence electrons. The molecule has 0 saturated heterocycles. The van der Waals surface area contributed by atoms with E-state index in [1.807, 2.05) is 54.6 Å². The molecule has 0 fully saturated rings. The van der Waals surface area contributed by atoms with Crippen LogP contribution in [0.5, 0.6) is 5.75 Å². The number of hydrazone groups is 1. The minimum absolute atomic E-state index is 0.0185. The highest BCUT2D eigenvalue weighted by atomic mass is 16.5. The van der Waals surface area contributed by atoms with Crippen molar-refractivity contribution in [1.29, 1.82) is 0 Å². The molecule has 2 aromatic rings. The van der Waals surface area contributed by atoms with Crippen molar-refractivity contribution in [2.75, 3.05) is 0 Å². The first kappa shape index (κ1) is 22.7. The Labute approximate surface area is 175 Å². The van der Waals surface area contributed by atoms with Gasteiger partial charge in [0.25, 0.3) is 0 Å². The lowest BCUT2D eigenvalue weighted by Crippen LogP contribution is -2.16. The highest BCUT2D eigenvalue weighted by molar-refractivity contribution is 5.82.